The number of unbranched alkanes of at least 4 members (excludes halogenated alkanes) is 1. The average molecular weight is 202 g/mol. The molecule has 0 aliphatic heterocycles. The van der Waals surface area contributed by atoms with Crippen LogP contribution in [0, 0.1) is 11.3 Å². The minimum atomic E-state index is 0.111. The van der Waals surface area contributed by atoms with Crippen LogP contribution in [0.1, 0.15) is 60.8 Å². The molecule has 0 fully saturated rings. The molecule has 0 aliphatic carbocycles. The smallest absolute Gasteiger partial charge is 0.0127 e. The minimum Gasteiger partial charge on any atom is -0.173 e. The van der Waals surface area contributed by atoms with Crippen LogP contribution < -0.4 is 0 Å². The van der Waals surface area contributed by atoms with Gasteiger partial charge in [-0.25, -0.2) is 0 Å². The zero-order valence-corrected chi connectivity index (χ0v) is 11.0. The first-order chi connectivity index (χ1) is 5.73. The molecule has 0 aliphatic rings. The van der Waals surface area contributed by atoms with Crippen LogP contribution in [0.2, 0.25) is 0 Å². The Morgan fingerprint density at radius 1 is 1.15 bits per heavy atom. The van der Waals surface area contributed by atoms with Crippen LogP contribution in [-0.2, 0) is 0 Å². The molecule has 1 heteroatoms. The molecule has 0 aromatic heterocycles. The van der Waals surface area contributed by atoms with Crippen molar-refractivity contribution in [3.8, 4) is 0 Å². The molecule has 1 atom stereocenters. The highest BCUT2D eigenvalue weighted by Gasteiger charge is 2.37. The molecule has 0 saturated carbocycles. The van der Waals surface area contributed by atoms with E-state index in [0.717, 1.165) is 5.92 Å². The Morgan fingerprint density at radius 3 is 1.92 bits per heavy atom. The Bertz CT molecular complexity index is 142. The van der Waals surface area contributed by atoms with Crippen LogP contribution in [0.5, 0.6) is 0 Å². The Balaban J connectivity index is 4.27. The molecule has 0 aromatic carbocycles. The van der Waals surface area contributed by atoms with Crippen LogP contribution in [0.25, 0.3) is 0 Å². The Hall–Kier alpha value is 0.350. The second kappa shape index (κ2) is 4.72. The molecule has 0 spiro atoms. The third kappa shape index (κ3) is 3.53. The zero-order chi connectivity index (χ0) is 10.7. The molecule has 0 amide bonds. The molecule has 0 saturated heterocycles. The van der Waals surface area contributed by atoms with Crippen LogP contribution in [0.3, 0.4) is 0 Å². The fraction of sp³-hybridized carbons (Fsp3) is 1.00. The first-order valence-electron chi connectivity index (χ1n) is 5.45. The van der Waals surface area contributed by atoms with E-state index in [-0.39, 0.29) is 4.75 Å². The summed E-state index contributed by atoms with van der Waals surface area (Å²) in [5, 5.41) is 0. The van der Waals surface area contributed by atoms with Crippen LogP contribution in [0.4, 0.5) is 0 Å². The highest BCUT2D eigenvalue weighted by atomic mass is 32.1. The van der Waals surface area contributed by atoms with Gasteiger partial charge in [-0.2, -0.15) is 12.6 Å². The summed E-state index contributed by atoms with van der Waals surface area (Å²) in [6.07, 6.45) is 3.97. The quantitative estimate of drug-likeness (QED) is 0.621. The lowest BCUT2D eigenvalue weighted by atomic mass is 9.69. The molecule has 0 aromatic rings. The van der Waals surface area contributed by atoms with Gasteiger partial charge in [0.15, 0.2) is 0 Å². The van der Waals surface area contributed by atoms with E-state index < -0.39 is 0 Å². The van der Waals surface area contributed by atoms with Crippen molar-refractivity contribution in [1.29, 1.82) is 0 Å². The van der Waals surface area contributed by atoms with E-state index in [0.29, 0.717) is 5.41 Å². The molecule has 80 valence electrons. The molecule has 13 heavy (non-hydrogen) atoms. The van der Waals surface area contributed by atoms with Crippen molar-refractivity contribution in [2.24, 2.45) is 11.3 Å². The summed E-state index contributed by atoms with van der Waals surface area (Å²) in [4.78, 5) is 0. The SMILES string of the molecule is CCCCC(C)C(C)(C)C(C)(C)S. The predicted molar refractivity (Wildman–Crippen MR) is 65.5 cm³/mol. The molecule has 0 bridgehead atoms. The summed E-state index contributed by atoms with van der Waals surface area (Å²) in [6, 6.07) is 0. The lowest BCUT2D eigenvalue weighted by molar-refractivity contribution is 0.165. The topological polar surface area (TPSA) is 0 Å². The summed E-state index contributed by atoms with van der Waals surface area (Å²) in [7, 11) is 0. The fourth-order valence-electron chi connectivity index (χ4n) is 1.47. The molecular formula is C12H26S. The number of thiol groups is 1. The summed E-state index contributed by atoms with van der Waals surface area (Å²) in [6.45, 7) is 13.7. The van der Waals surface area contributed by atoms with Crippen LogP contribution in [0.15, 0.2) is 0 Å². The van der Waals surface area contributed by atoms with Crippen molar-refractivity contribution in [2.75, 3.05) is 0 Å². The lowest BCUT2D eigenvalue weighted by Gasteiger charge is -2.43. The van der Waals surface area contributed by atoms with Gasteiger partial charge in [-0.3, -0.25) is 0 Å². The van der Waals surface area contributed by atoms with Gasteiger partial charge in [-0.1, -0.05) is 60.8 Å². The molecule has 0 radical (unpaired) electrons. The standard InChI is InChI=1S/C12H26S/c1-7-8-9-10(2)11(3,4)12(5,6)13/h10,13H,7-9H2,1-6H3. The maximum absolute atomic E-state index is 4.70. The highest BCUT2D eigenvalue weighted by molar-refractivity contribution is 7.81. The van der Waals surface area contributed by atoms with Gasteiger partial charge in [0.25, 0.3) is 0 Å². The second-order valence-electron chi connectivity index (χ2n) is 5.32. The van der Waals surface area contributed by atoms with Gasteiger partial charge in [0.1, 0.15) is 0 Å². The summed E-state index contributed by atoms with van der Waals surface area (Å²) in [5.41, 5.74) is 0.311. The monoisotopic (exact) mass is 202 g/mol. The van der Waals surface area contributed by atoms with E-state index in [2.05, 4.69) is 41.5 Å². The van der Waals surface area contributed by atoms with E-state index >= 15 is 0 Å². The van der Waals surface area contributed by atoms with Crippen molar-refractivity contribution >= 4 is 12.6 Å². The van der Waals surface area contributed by atoms with Crippen molar-refractivity contribution in [1.82, 2.24) is 0 Å². The fourth-order valence-corrected chi connectivity index (χ4v) is 1.69. The Labute approximate surface area is 89.9 Å². The van der Waals surface area contributed by atoms with E-state index in [1.807, 2.05) is 0 Å². The lowest BCUT2D eigenvalue weighted by Crippen LogP contribution is -2.39. The predicted octanol–water partition coefficient (Wildman–Crippen LogP) is 4.55. The maximum Gasteiger partial charge on any atom is 0.0127 e. The largest absolute Gasteiger partial charge is 0.173 e. The summed E-state index contributed by atoms with van der Waals surface area (Å²) >= 11 is 4.70. The van der Waals surface area contributed by atoms with Gasteiger partial charge < -0.3 is 0 Å². The van der Waals surface area contributed by atoms with Crippen LogP contribution >= 0.6 is 12.6 Å². The maximum atomic E-state index is 4.70. The van der Waals surface area contributed by atoms with Gasteiger partial charge >= 0.3 is 0 Å². The van der Waals surface area contributed by atoms with E-state index in [4.69, 9.17) is 12.6 Å². The molecule has 0 heterocycles. The van der Waals surface area contributed by atoms with Crippen molar-refractivity contribution < 1.29 is 0 Å². The van der Waals surface area contributed by atoms with Crippen LogP contribution in [-0.4, -0.2) is 4.75 Å². The Kier molecular flexibility index (Phi) is 4.85. The van der Waals surface area contributed by atoms with Crippen molar-refractivity contribution in [2.45, 2.75) is 65.6 Å². The third-order valence-electron chi connectivity index (χ3n) is 3.80. The van der Waals surface area contributed by atoms with Crippen molar-refractivity contribution in [3.63, 3.8) is 0 Å². The van der Waals surface area contributed by atoms with Gasteiger partial charge in [0.05, 0.1) is 0 Å². The van der Waals surface area contributed by atoms with E-state index in [1.54, 1.807) is 0 Å². The third-order valence-corrected chi connectivity index (χ3v) is 4.38. The zero-order valence-electron chi connectivity index (χ0n) is 10.1. The average Bonchev–Trinajstić information content (AvgIpc) is 1.97. The molecule has 0 N–H and O–H groups in total. The highest BCUT2D eigenvalue weighted by Crippen LogP contribution is 2.43. The number of rotatable bonds is 5. The van der Waals surface area contributed by atoms with E-state index in [9.17, 15) is 0 Å². The van der Waals surface area contributed by atoms with Gasteiger partial charge in [0.2, 0.25) is 0 Å². The van der Waals surface area contributed by atoms with Gasteiger partial charge in [-0.15, -0.1) is 0 Å². The van der Waals surface area contributed by atoms with Gasteiger partial charge in [-0.05, 0) is 11.3 Å². The number of hydrogen-bond donors (Lipinski definition) is 1. The molecule has 0 nitrogen and oxygen atoms in total. The molecule has 0 rings (SSSR count). The van der Waals surface area contributed by atoms with Gasteiger partial charge in [0, 0.05) is 4.75 Å². The van der Waals surface area contributed by atoms with E-state index in [1.165, 1.54) is 19.3 Å². The minimum absolute atomic E-state index is 0.111. The first kappa shape index (κ1) is 13.4. The molecular weight excluding hydrogens is 176 g/mol. The first-order valence-corrected chi connectivity index (χ1v) is 5.90. The summed E-state index contributed by atoms with van der Waals surface area (Å²) in [5.74, 6) is 0.750. The Morgan fingerprint density at radius 2 is 1.62 bits per heavy atom. The number of hydrogen-bond acceptors (Lipinski definition) is 1. The molecule has 1 unspecified atom stereocenters. The van der Waals surface area contributed by atoms with Crippen molar-refractivity contribution in [3.05, 3.63) is 0 Å². The second-order valence-corrected chi connectivity index (χ2v) is 6.44. The normalized spacial score (nSPS) is 15.9. The summed E-state index contributed by atoms with van der Waals surface area (Å²) < 4.78 is 0.111.